The first-order chi connectivity index (χ1) is 13.8. The number of aliphatic hydroxyl groups excluding tert-OH is 1. The maximum atomic E-state index is 9.42. The molecule has 1 saturated heterocycles. The van der Waals surface area contributed by atoms with E-state index in [0.717, 1.165) is 38.3 Å². The summed E-state index contributed by atoms with van der Waals surface area (Å²) in [5, 5.41) is 17.9. The minimum absolute atomic E-state index is 0.0655. The summed E-state index contributed by atoms with van der Waals surface area (Å²) in [6.07, 6.45) is 2.28. The molecule has 0 bridgehead atoms. The third-order valence-corrected chi connectivity index (χ3v) is 5.86. The third kappa shape index (κ3) is 4.01. The van der Waals surface area contributed by atoms with Crippen LogP contribution >= 0.6 is 0 Å². The van der Waals surface area contributed by atoms with Crippen LogP contribution in [0, 0.1) is 0 Å². The molecule has 0 amide bonds. The number of aromatic nitrogens is 3. The monoisotopic (exact) mass is 376 g/mol. The molecule has 0 saturated carbocycles. The molecule has 5 nitrogen and oxygen atoms in total. The molecule has 1 aliphatic heterocycles. The summed E-state index contributed by atoms with van der Waals surface area (Å²) in [6.45, 7) is 3.02. The van der Waals surface area contributed by atoms with E-state index in [-0.39, 0.29) is 6.61 Å². The summed E-state index contributed by atoms with van der Waals surface area (Å²) in [6, 6.07) is 21.6. The van der Waals surface area contributed by atoms with Crippen LogP contribution in [0.15, 0.2) is 60.7 Å². The van der Waals surface area contributed by atoms with Crippen molar-refractivity contribution in [1.29, 1.82) is 0 Å². The van der Waals surface area contributed by atoms with Gasteiger partial charge in [-0.3, -0.25) is 0 Å². The number of rotatable bonds is 6. The van der Waals surface area contributed by atoms with Crippen molar-refractivity contribution in [3.63, 3.8) is 0 Å². The molecule has 2 aromatic carbocycles. The Hall–Kier alpha value is -2.50. The van der Waals surface area contributed by atoms with Crippen molar-refractivity contribution in [2.45, 2.75) is 31.3 Å². The predicted octanol–water partition coefficient (Wildman–Crippen LogP) is 3.32. The average Bonchev–Trinajstić information content (AvgIpc) is 3.14. The number of likely N-dealkylation sites (tertiary alicyclic amines) is 1. The molecule has 1 unspecified atom stereocenters. The van der Waals surface area contributed by atoms with Gasteiger partial charge < -0.3 is 14.6 Å². The Morgan fingerprint density at radius 3 is 2.21 bits per heavy atom. The zero-order valence-corrected chi connectivity index (χ0v) is 16.4. The Balaban J connectivity index is 1.54. The molecule has 146 valence electrons. The molecule has 0 spiro atoms. The number of nitrogens with zero attached hydrogens (tertiary/aromatic N) is 4. The van der Waals surface area contributed by atoms with Crippen LogP contribution in [-0.2, 0) is 13.7 Å². The fourth-order valence-corrected chi connectivity index (χ4v) is 4.33. The lowest BCUT2D eigenvalue weighted by Crippen LogP contribution is -2.38. The first-order valence-electron chi connectivity index (χ1n) is 10.1. The normalized spacial score (nSPS) is 17.9. The van der Waals surface area contributed by atoms with Gasteiger partial charge in [0.1, 0.15) is 12.4 Å². The van der Waals surface area contributed by atoms with Crippen molar-refractivity contribution in [2.24, 2.45) is 7.05 Å². The molecule has 1 atom stereocenters. The topological polar surface area (TPSA) is 54.2 Å². The van der Waals surface area contributed by atoms with E-state index in [9.17, 15) is 5.11 Å². The number of aliphatic hydroxyl groups is 1. The van der Waals surface area contributed by atoms with Crippen molar-refractivity contribution >= 4 is 0 Å². The van der Waals surface area contributed by atoms with Gasteiger partial charge in [0.2, 0.25) is 0 Å². The fourth-order valence-electron chi connectivity index (χ4n) is 4.33. The number of piperidine rings is 1. The first kappa shape index (κ1) is 18.8. The summed E-state index contributed by atoms with van der Waals surface area (Å²) < 4.78 is 1.96. The number of benzene rings is 2. The van der Waals surface area contributed by atoms with Crippen LogP contribution < -0.4 is 0 Å². The summed E-state index contributed by atoms with van der Waals surface area (Å²) in [7, 11) is 1.95. The highest BCUT2D eigenvalue weighted by Crippen LogP contribution is 2.30. The zero-order chi connectivity index (χ0) is 19.3. The summed E-state index contributed by atoms with van der Waals surface area (Å²) >= 11 is 0. The Morgan fingerprint density at radius 2 is 1.64 bits per heavy atom. The Morgan fingerprint density at radius 1 is 1.00 bits per heavy atom. The average molecular weight is 377 g/mol. The second kappa shape index (κ2) is 8.67. The molecule has 2 heterocycles. The van der Waals surface area contributed by atoms with Crippen LogP contribution in [-0.4, -0.2) is 44.4 Å². The highest BCUT2D eigenvalue weighted by Gasteiger charge is 2.28. The lowest BCUT2D eigenvalue weighted by molar-refractivity contribution is 0.197. The van der Waals surface area contributed by atoms with E-state index in [4.69, 9.17) is 0 Å². The fraction of sp³-hybridized carbons (Fsp3) is 0.391. The van der Waals surface area contributed by atoms with Crippen LogP contribution in [0.5, 0.6) is 0 Å². The van der Waals surface area contributed by atoms with Gasteiger partial charge in [-0.25, -0.2) is 0 Å². The van der Waals surface area contributed by atoms with Gasteiger partial charge in [0.25, 0.3) is 0 Å². The second-order valence-corrected chi connectivity index (χ2v) is 7.66. The maximum Gasteiger partial charge on any atom is 0.158 e. The lowest BCUT2D eigenvalue weighted by atomic mass is 9.89. The van der Waals surface area contributed by atoms with Gasteiger partial charge in [-0.2, -0.15) is 0 Å². The Kier molecular flexibility index (Phi) is 5.84. The van der Waals surface area contributed by atoms with Crippen molar-refractivity contribution in [3.8, 4) is 0 Å². The van der Waals surface area contributed by atoms with Gasteiger partial charge in [0, 0.05) is 32.0 Å². The third-order valence-electron chi connectivity index (χ3n) is 5.86. The Bertz CT molecular complexity index is 839. The van der Waals surface area contributed by atoms with Crippen LogP contribution in [0.1, 0.15) is 47.5 Å². The number of hydrogen-bond acceptors (Lipinski definition) is 4. The minimum Gasteiger partial charge on any atom is -0.388 e. The number of hydrogen-bond donors (Lipinski definition) is 1. The van der Waals surface area contributed by atoms with E-state index in [0.29, 0.717) is 17.7 Å². The zero-order valence-electron chi connectivity index (χ0n) is 16.4. The molecular formula is C23H28N4O. The molecule has 0 radical (unpaired) electrons. The van der Waals surface area contributed by atoms with Crippen molar-refractivity contribution in [2.75, 3.05) is 19.6 Å². The largest absolute Gasteiger partial charge is 0.388 e. The molecule has 4 rings (SSSR count). The molecule has 1 aliphatic rings. The van der Waals surface area contributed by atoms with Crippen LogP contribution in [0.25, 0.3) is 0 Å². The van der Waals surface area contributed by atoms with Crippen molar-refractivity contribution in [3.05, 3.63) is 83.4 Å². The molecule has 1 fully saturated rings. The Labute approximate surface area is 166 Å². The predicted molar refractivity (Wildman–Crippen MR) is 110 cm³/mol. The van der Waals surface area contributed by atoms with E-state index in [1.807, 2.05) is 11.6 Å². The van der Waals surface area contributed by atoms with E-state index in [1.165, 1.54) is 11.1 Å². The molecule has 0 aliphatic carbocycles. The molecule has 1 N–H and O–H groups in total. The highest BCUT2D eigenvalue weighted by atomic mass is 16.3. The summed E-state index contributed by atoms with van der Waals surface area (Å²) in [5.41, 5.74) is 2.72. The molecule has 3 aromatic rings. The van der Waals surface area contributed by atoms with Gasteiger partial charge >= 0.3 is 0 Å². The lowest BCUT2D eigenvalue weighted by Gasteiger charge is -2.35. The van der Waals surface area contributed by atoms with E-state index in [1.54, 1.807) is 0 Å². The molecule has 28 heavy (non-hydrogen) atoms. The molecular weight excluding hydrogens is 348 g/mol. The molecule has 1 aromatic heterocycles. The summed E-state index contributed by atoms with van der Waals surface area (Å²) in [5.74, 6) is 2.34. The van der Waals surface area contributed by atoms with Crippen LogP contribution in [0.2, 0.25) is 0 Å². The molecule has 5 heteroatoms. The maximum absolute atomic E-state index is 9.42. The van der Waals surface area contributed by atoms with Crippen molar-refractivity contribution < 1.29 is 5.11 Å². The first-order valence-corrected chi connectivity index (χ1v) is 10.1. The SMILES string of the molecule is Cn1c(CO)nnc1C1CCCN(CC(c2ccccc2)c2ccccc2)C1. The minimum atomic E-state index is -0.0655. The summed E-state index contributed by atoms with van der Waals surface area (Å²) in [4.78, 5) is 2.56. The van der Waals surface area contributed by atoms with Crippen LogP contribution in [0.3, 0.4) is 0 Å². The van der Waals surface area contributed by atoms with Crippen LogP contribution in [0.4, 0.5) is 0 Å². The van der Waals surface area contributed by atoms with Gasteiger partial charge in [0.05, 0.1) is 0 Å². The van der Waals surface area contributed by atoms with E-state index >= 15 is 0 Å². The highest BCUT2D eigenvalue weighted by molar-refractivity contribution is 5.32. The van der Waals surface area contributed by atoms with Gasteiger partial charge in [-0.1, -0.05) is 60.7 Å². The smallest absolute Gasteiger partial charge is 0.158 e. The van der Waals surface area contributed by atoms with Gasteiger partial charge in [-0.05, 0) is 30.5 Å². The quantitative estimate of drug-likeness (QED) is 0.717. The van der Waals surface area contributed by atoms with E-state index < -0.39 is 0 Å². The van der Waals surface area contributed by atoms with E-state index in [2.05, 4.69) is 75.8 Å². The second-order valence-electron chi connectivity index (χ2n) is 7.66. The van der Waals surface area contributed by atoms with Gasteiger partial charge in [0.15, 0.2) is 5.82 Å². The van der Waals surface area contributed by atoms with Crippen molar-refractivity contribution in [1.82, 2.24) is 19.7 Å². The standard InChI is InChI=1S/C23H28N4O/c1-26-22(17-28)24-25-23(26)20-13-8-14-27(15-20)16-21(18-9-4-2-5-10-18)19-11-6-3-7-12-19/h2-7,9-12,20-21,28H,8,13-17H2,1H3. The van der Waals surface area contributed by atoms with Gasteiger partial charge in [-0.15, -0.1) is 10.2 Å².